The summed E-state index contributed by atoms with van der Waals surface area (Å²) < 4.78 is 0. The Morgan fingerprint density at radius 1 is 0.727 bits per heavy atom. The third kappa shape index (κ3) is 6.23. The number of non-ortho nitro benzene ring substituents is 1. The van der Waals surface area contributed by atoms with Gasteiger partial charge in [0, 0.05) is 12.1 Å². The van der Waals surface area contributed by atoms with E-state index in [2.05, 4.69) is 20.5 Å². The number of benzene rings is 4. The first-order valence-corrected chi connectivity index (χ1v) is 9.20. The zero-order valence-electron chi connectivity index (χ0n) is 16.1. The Bertz CT molecular complexity index is 1330. The Hall–Kier alpha value is -2.66. The summed E-state index contributed by atoms with van der Waals surface area (Å²) in [4.78, 5) is 10.3. The molecule has 4 aromatic carbocycles. The van der Waals surface area contributed by atoms with E-state index < -0.39 is 4.92 Å². The van der Waals surface area contributed by atoms with Gasteiger partial charge in [0.25, 0.3) is 5.69 Å². The predicted molar refractivity (Wildman–Crippen MR) is 132 cm³/mol. The van der Waals surface area contributed by atoms with Crippen LogP contribution in [0.3, 0.4) is 0 Å². The third-order valence-corrected chi connectivity index (χ3v) is 4.52. The number of hydrogen-bond donors (Lipinski definition) is 2. The minimum absolute atomic E-state index is 0. The van der Waals surface area contributed by atoms with E-state index in [-0.39, 0.29) is 81.9 Å². The van der Waals surface area contributed by atoms with Crippen LogP contribution in [0.5, 0.6) is 5.75 Å². The molecule has 0 unspecified atom stereocenters. The molecule has 0 spiro atoms. The van der Waals surface area contributed by atoms with Crippen molar-refractivity contribution in [3.05, 3.63) is 89.0 Å². The number of phenols is 1. The Kier molecular flexibility index (Phi) is 9.66. The molecule has 0 fully saturated rings. The number of nitrogens with two attached hydrogens (primary N) is 1. The van der Waals surface area contributed by atoms with Crippen LogP contribution in [0, 0.1) is 10.1 Å². The molecule has 0 aromatic heterocycles. The van der Waals surface area contributed by atoms with Crippen LogP contribution in [0.1, 0.15) is 0 Å². The third-order valence-electron chi connectivity index (χ3n) is 4.52. The number of azo groups is 2. The van der Waals surface area contributed by atoms with Gasteiger partial charge in [-0.15, -0.1) is 10.2 Å². The number of rotatable bonds is 5. The van der Waals surface area contributed by atoms with Gasteiger partial charge >= 0.3 is 59.1 Å². The van der Waals surface area contributed by atoms with Gasteiger partial charge in [0.15, 0.2) is 5.75 Å². The molecule has 9 nitrogen and oxygen atoms in total. The Morgan fingerprint density at radius 3 is 1.88 bits per heavy atom. The van der Waals surface area contributed by atoms with Crippen LogP contribution in [-0.2, 0) is 0 Å². The molecule has 156 valence electrons. The molecule has 0 heterocycles. The quantitative estimate of drug-likeness (QED) is 0.132. The van der Waals surface area contributed by atoms with Crippen LogP contribution >= 0.6 is 0 Å². The van der Waals surface area contributed by atoms with Crippen molar-refractivity contribution in [1.29, 1.82) is 0 Å². The summed E-state index contributed by atoms with van der Waals surface area (Å²) in [7, 11) is 0. The van der Waals surface area contributed by atoms with Crippen LogP contribution in [-0.4, -0.2) is 69.1 Å². The molecule has 0 aliphatic carbocycles. The molecule has 4 rings (SSSR count). The van der Waals surface area contributed by atoms with E-state index in [1.165, 1.54) is 24.3 Å². The first-order chi connectivity index (χ1) is 15.0. The molecular weight excluding hydrogens is 442 g/mol. The fourth-order valence-corrected chi connectivity index (χ4v) is 2.93. The second kappa shape index (κ2) is 12.0. The Balaban J connectivity index is 0.00000193. The van der Waals surface area contributed by atoms with E-state index in [9.17, 15) is 15.2 Å². The van der Waals surface area contributed by atoms with Crippen molar-refractivity contribution in [3.8, 4) is 5.75 Å². The van der Waals surface area contributed by atoms with Crippen LogP contribution in [0.2, 0.25) is 0 Å². The number of nitro groups is 1. The van der Waals surface area contributed by atoms with Crippen molar-refractivity contribution in [2.24, 2.45) is 20.5 Å². The van der Waals surface area contributed by atoms with Gasteiger partial charge in [0.1, 0.15) is 11.4 Å². The van der Waals surface area contributed by atoms with Gasteiger partial charge in [0.05, 0.1) is 27.4 Å². The number of nitrogen functional groups attached to an aromatic ring is 1. The molecule has 11 heteroatoms. The molecule has 0 aliphatic heterocycles. The maximum atomic E-state index is 10.7. The molecule has 0 bridgehead atoms. The summed E-state index contributed by atoms with van der Waals surface area (Å²) in [5.74, 6) is -0.109. The molecule has 4 aromatic rings. The maximum absolute atomic E-state index is 10.7. The van der Waals surface area contributed by atoms with E-state index in [1.807, 2.05) is 18.2 Å². The standard InChI is InChI=1S/C22H16N6O3.2Na.2H/c23-21-18(26-25-16-8-10-17(11-9-16)28(30)31)12-6-14-7-13-19(22(29)20(14)21)27-24-15-4-2-1-3-5-15;;;;/h1-13,29H,23H2;;;;. The Morgan fingerprint density at radius 2 is 1.27 bits per heavy atom. The van der Waals surface area contributed by atoms with Crippen molar-refractivity contribution in [3.63, 3.8) is 0 Å². The van der Waals surface area contributed by atoms with Gasteiger partial charge in [-0.2, -0.15) is 10.2 Å². The van der Waals surface area contributed by atoms with Crippen LogP contribution in [0.25, 0.3) is 10.8 Å². The zero-order valence-corrected chi connectivity index (χ0v) is 16.1. The van der Waals surface area contributed by atoms with Gasteiger partial charge in [-0.05, 0) is 41.8 Å². The van der Waals surface area contributed by atoms with E-state index in [4.69, 9.17) is 5.73 Å². The first kappa shape index (κ1) is 26.6. The van der Waals surface area contributed by atoms with Crippen molar-refractivity contribution in [1.82, 2.24) is 0 Å². The molecule has 0 aliphatic rings. The molecule has 0 saturated heterocycles. The van der Waals surface area contributed by atoms with E-state index >= 15 is 0 Å². The normalized spacial score (nSPS) is 10.8. The summed E-state index contributed by atoms with van der Waals surface area (Å²) in [5, 5.41) is 39.0. The number of hydrogen-bond acceptors (Lipinski definition) is 8. The van der Waals surface area contributed by atoms with Crippen molar-refractivity contribution in [2.45, 2.75) is 0 Å². The van der Waals surface area contributed by atoms with E-state index in [1.54, 1.807) is 36.4 Å². The zero-order chi connectivity index (χ0) is 21.8. The van der Waals surface area contributed by atoms with Crippen molar-refractivity contribution >= 4 is 104 Å². The fraction of sp³-hybridized carbons (Fsp3) is 0. The average molecular weight is 460 g/mol. The van der Waals surface area contributed by atoms with E-state index in [0.717, 1.165) is 0 Å². The number of anilines is 1. The molecular formula is C22H18N6Na2O3. The molecule has 33 heavy (non-hydrogen) atoms. The average Bonchev–Trinajstić information content (AvgIpc) is 2.79. The molecule has 0 atom stereocenters. The summed E-state index contributed by atoms with van der Waals surface area (Å²) in [6, 6.07) is 21.7. The topological polar surface area (TPSA) is 139 Å². The van der Waals surface area contributed by atoms with Crippen LogP contribution in [0.4, 0.5) is 34.1 Å². The second-order valence-electron chi connectivity index (χ2n) is 6.54. The monoisotopic (exact) mass is 460 g/mol. The number of nitrogens with zero attached hydrogens (tertiary/aromatic N) is 5. The number of phenolic OH excluding ortho intramolecular Hbond substituents is 1. The second-order valence-corrected chi connectivity index (χ2v) is 6.54. The van der Waals surface area contributed by atoms with Gasteiger partial charge in [-0.25, -0.2) is 0 Å². The minimum atomic E-state index is -0.488. The summed E-state index contributed by atoms with van der Waals surface area (Å²) >= 11 is 0. The van der Waals surface area contributed by atoms with Gasteiger partial charge in [0.2, 0.25) is 0 Å². The van der Waals surface area contributed by atoms with Gasteiger partial charge in [-0.1, -0.05) is 30.3 Å². The first-order valence-electron chi connectivity index (χ1n) is 9.20. The van der Waals surface area contributed by atoms with Crippen LogP contribution in [0.15, 0.2) is 99.3 Å². The summed E-state index contributed by atoms with van der Waals surface area (Å²) in [6.45, 7) is 0. The molecule has 0 saturated carbocycles. The summed E-state index contributed by atoms with van der Waals surface area (Å²) in [6.07, 6.45) is 0. The fourth-order valence-electron chi connectivity index (χ4n) is 2.93. The van der Waals surface area contributed by atoms with Crippen molar-refractivity contribution in [2.75, 3.05) is 5.73 Å². The molecule has 0 radical (unpaired) electrons. The predicted octanol–water partition coefficient (Wildman–Crippen LogP) is 5.57. The molecule has 3 N–H and O–H groups in total. The number of fused-ring (bicyclic) bond motifs is 1. The number of aromatic hydroxyl groups is 1. The summed E-state index contributed by atoms with van der Waals surface area (Å²) in [5.41, 5.74) is 8.15. The molecule has 0 amide bonds. The van der Waals surface area contributed by atoms with E-state index in [0.29, 0.717) is 27.8 Å². The SMILES string of the molecule is Nc1c(N=Nc2ccc([N+](=O)[O-])cc2)ccc2ccc(N=Nc3ccccc3)c(O)c12.[NaH].[NaH]. The van der Waals surface area contributed by atoms with Crippen molar-refractivity contribution < 1.29 is 10.0 Å². The number of nitro benzene ring substituents is 1. The van der Waals surface area contributed by atoms with Crippen LogP contribution < -0.4 is 5.73 Å². The van der Waals surface area contributed by atoms with Gasteiger partial charge < -0.3 is 10.8 Å². The van der Waals surface area contributed by atoms with Gasteiger partial charge in [-0.3, -0.25) is 10.1 Å². The Labute approximate surface area is 233 Å².